The molecule has 0 heterocycles. The van der Waals surface area contributed by atoms with Crippen LogP contribution in [0.15, 0.2) is 0 Å². The van der Waals surface area contributed by atoms with Gasteiger partial charge in [-0.1, -0.05) is 66.7 Å². The number of hydrogen-bond acceptors (Lipinski definition) is 0. The molecule has 20 atom stereocenters. The fourth-order valence-electron chi connectivity index (χ4n) is 21.2. The van der Waals surface area contributed by atoms with Crippen molar-refractivity contribution in [2.45, 2.75) is 144 Å². The van der Waals surface area contributed by atoms with Gasteiger partial charge in [0.1, 0.15) is 0 Å². The molecule has 0 saturated heterocycles. The van der Waals surface area contributed by atoms with Crippen molar-refractivity contribution in [3.05, 3.63) is 0 Å². The van der Waals surface area contributed by atoms with E-state index in [0.717, 1.165) is 118 Å². The first kappa shape index (κ1) is 27.9. The molecule has 11 fully saturated rings. The normalized spacial score (nSPS) is 65.3. The Labute approximate surface area is 271 Å². The van der Waals surface area contributed by atoms with Crippen LogP contribution in [0.1, 0.15) is 144 Å². The summed E-state index contributed by atoms with van der Waals surface area (Å²) in [6, 6.07) is 0. The van der Waals surface area contributed by atoms with Crippen LogP contribution in [0.3, 0.4) is 0 Å². The van der Waals surface area contributed by atoms with Crippen LogP contribution in [-0.2, 0) is 0 Å². The minimum absolute atomic E-state index is 0.549. The maximum Gasteiger partial charge on any atom is -0.0184 e. The van der Waals surface area contributed by atoms with E-state index in [9.17, 15) is 0 Å². The summed E-state index contributed by atoms with van der Waals surface area (Å²) in [6.45, 7) is 13.9. The smallest absolute Gasteiger partial charge is 0.0184 e. The van der Waals surface area contributed by atoms with Gasteiger partial charge in [-0.3, -0.25) is 0 Å². The summed E-state index contributed by atoms with van der Waals surface area (Å²) in [5.74, 6) is 21.0. The van der Waals surface area contributed by atoms with Gasteiger partial charge in [0, 0.05) is 0 Å². The van der Waals surface area contributed by atoms with Gasteiger partial charge in [-0.2, -0.15) is 0 Å². The minimum Gasteiger partial charge on any atom is -0.0625 e. The highest BCUT2D eigenvalue weighted by Crippen LogP contribution is 2.89. The fraction of sp³-hybridized carbons (Fsp3) is 1.00. The van der Waals surface area contributed by atoms with Gasteiger partial charge in [0.2, 0.25) is 0 Å². The predicted molar refractivity (Wildman–Crippen MR) is 180 cm³/mol. The first-order valence-corrected chi connectivity index (χ1v) is 21.3. The molecular weight excluding hydrogens is 528 g/mol. The third-order valence-corrected chi connectivity index (χ3v) is 21.0. The summed E-state index contributed by atoms with van der Waals surface area (Å²) in [5.41, 5.74) is 1.94. The van der Waals surface area contributed by atoms with Crippen LogP contribution < -0.4 is 0 Å². The molecule has 0 amide bonds. The van der Waals surface area contributed by atoms with Crippen LogP contribution in [0.5, 0.6) is 0 Å². The highest BCUT2D eigenvalue weighted by atomic mass is 14.9. The molecule has 20 unspecified atom stereocenters. The molecule has 0 aliphatic heterocycles. The monoisotopic (exact) mass is 597 g/mol. The first-order valence-electron chi connectivity index (χ1n) is 21.3. The molecule has 1 spiro atoms. The molecule has 0 N–H and O–H groups in total. The Morgan fingerprint density at radius 3 is 2.05 bits per heavy atom. The lowest BCUT2D eigenvalue weighted by Gasteiger charge is -2.62. The van der Waals surface area contributed by atoms with E-state index in [-0.39, 0.29) is 0 Å². The quantitative estimate of drug-likeness (QED) is 0.282. The third kappa shape index (κ3) is 2.98. The van der Waals surface area contributed by atoms with Gasteiger partial charge in [-0.25, -0.2) is 0 Å². The average molecular weight is 597 g/mol. The van der Waals surface area contributed by atoms with Crippen molar-refractivity contribution in [1.29, 1.82) is 0 Å². The third-order valence-electron chi connectivity index (χ3n) is 21.0. The summed E-state index contributed by atoms with van der Waals surface area (Å²) in [6.07, 6.45) is 27.7. The predicted octanol–water partition coefficient (Wildman–Crippen LogP) is 11.5. The fourth-order valence-corrected chi connectivity index (χ4v) is 21.2. The van der Waals surface area contributed by atoms with Crippen LogP contribution in [-0.4, -0.2) is 0 Å². The average Bonchev–Trinajstić information content (AvgIpc) is 3.76. The zero-order valence-corrected chi connectivity index (χ0v) is 29.5. The number of hydrogen-bond donors (Lipinski definition) is 0. The second-order valence-corrected chi connectivity index (χ2v) is 21.9. The lowest BCUT2D eigenvalue weighted by molar-refractivity contribution is -0.145. The van der Waals surface area contributed by atoms with Gasteiger partial charge in [0.25, 0.3) is 0 Å². The molecule has 0 heteroatoms. The Bertz CT molecular complexity index is 1190. The Morgan fingerprint density at radius 2 is 1.20 bits per heavy atom. The molecule has 0 nitrogen and oxygen atoms in total. The SMILES string of the molecule is CC1CC2CCC3CC4CC5C6CCCCC6CC5C5C6CC7(C(C)C)C(C8CCCCC8C7(C)C)C6C6(CC(C1)C2C36)C45. The van der Waals surface area contributed by atoms with Crippen LogP contribution >= 0.6 is 0 Å². The van der Waals surface area contributed by atoms with E-state index < -0.39 is 0 Å². The van der Waals surface area contributed by atoms with Crippen molar-refractivity contribution < 1.29 is 0 Å². The standard InChI is InChI=1S/C44H68/c1-23(2)44-22-34-37-33-19-25-10-6-7-11-30(25)32(33)20-28-18-27-15-14-26-16-24(3)17-29-21-43(39(28)37,38(27)36(26)29)40(34)41(44)31-12-8-9-13-35(31)42(44,4)5/h23-41H,6-22H2,1-5H3. The van der Waals surface area contributed by atoms with Gasteiger partial charge in [0.15, 0.2) is 0 Å². The van der Waals surface area contributed by atoms with Crippen molar-refractivity contribution in [3.63, 3.8) is 0 Å². The van der Waals surface area contributed by atoms with E-state index in [2.05, 4.69) is 34.6 Å². The number of rotatable bonds is 1. The molecule has 11 rings (SSSR count). The first-order chi connectivity index (χ1) is 21.3. The highest BCUT2D eigenvalue weighted by molar-refractivity contribution is 5.31. The molecular formula is C44H68. The second-order valence-electron chi connectivity index (χ2n) is 21.9. The van der Waals surface area contributed by atoms with E-state index in [1.165, 1.54) is 0 Å². The Hall–Kier alpha value is 0. The highest BCUT2D eigenvalue weighted by Gasteiger charge is 2.83. The van der Waals surface area contributed by atoms with Crippen LogP contribution in [0, 0.1) is 129 Å². The van der Waals surface area contributed by atoms with E-state index in [1.54, 1.807) is 109 Å². The maximum absolute atomic E-state index is 2.87. The Kier molecular flexibility index (Phi) is 5.68. The van der Waals surface area contributed by atoms with Crippen molar-refractivity contribution in [1.82, 2.24) is 0 Å². The summed E-state index contributed by atoms with van der Waals surface area (Å²) in [7, 11) is 0. The molecule has 0 radical (unpaired) electrons. The zero-order chi connectivity index (χ0) is 29.5. The zero-order valence-electron chi connectivity index (χ0n) is 29.5. The summed E-state index contributed by atoms with van der Waals surface area (Å²) < 4.78 is 0. The summed E-state index contributed by atoms with van der Waals surface area (Å²) in [5, 5.41) is 0. The molecule has 11 aliphatic carbocycles. The molecule has 44 heavy (non-hydrogen) atoms. The van der Waals surface area contributed by atoms with Crippen molar-refractivity contribution >= 4 is 0 Å². The van der Waals surface area contributed by atoms with E-state index in [4.69, 9.17) is 0 Å². The van der Waals surface area contributed by atoms with E-state index in [0.29, 0.717) is 10.8 Å². The molecule has 0 aromatic rings. The van der Waals surface area contributed by atoms with Crippen LogP contribution in [0.2, 0.25) is 0 Å². The molecule has 0 aromatic carbocycles. The maximum atomic E-state index is 2.87. The van der Waals surface area contributed by atoms with Crippen LogP contribution in [0.4, 0.5) is 0 Å². The largest absolute Gasteiger partial charge is 0.0625 e. The van der Waals surface area contributed by atoms with Crippen LogP contribution in [0.25, 0.3) is 0 Å². The van der Waals surface area contributed by atoms with Gasteiger partial charge < -0.3 is 0 Å². The van der Waals surface area contributed by atoms with E-state index >= 15 is 0 Å². The van der Waals surface area contributed by atoms with Crippen molar-refractivity contribution in [3.8, 4) is 0 Å². The molecule has 244 valence electrons. The van der Waals surface area contributed by atoms with Gasteiger partial charge in [-0.05, 0) is 206 Å². The van der Waals surface area contributed by atoms with E-state index in [1.807, 2.05) is 0 Å². The second kappa shape index (κ2) is 8.96. The van der Waals surface area contributed by atoms with Gasteiger partial charge >= 0.3 is 0 Å². The van der Waals surface area contributed by atoms with Gasteiger partial charge in [-0.15, -0.1) is 0 Å². The summed E-state index contributed by atoms with van der Waals surface area (Å²) >= 11 is 0. The Morgan fingerprint density at radius 1 is 0.500 bits per heavy atom. The lowest BCUT2D eigenvalue weighted by Crippen LogP contribution is -2.57. The molecule has 11 aliphatic rings. The van der Waals surface area contributed by atoms with Crippen molar-refractivity contribution in [2.75, 3.05) is 0 Å². The molecule has 0 aromatic heterocycles. The number of fused-ring (bicyclic) bond motifs is 10. The summed E-state index contributed by atoms with van der Waals surface area (Å²) in [4.78, 5) is 0. The molecule has 11 saturated carbocycles. The van der Waals surface area contributed by atoms with Crippen molar-refractivity contribution in [2.24, 2.45) is 129 Å². The Balaban J connectivity index is 1.13. The lowest BCUT2D eigenvalue weighted by atomic mass is 9.42. The topological polar surface area (TPSA) is 0 Å². The van der Waals surface area contributed by atoms with Gasteiger partial charge in [0.05, 0.1) is 0 Å². The minimum atomic E-state index is 0.549. The molecule has 0 bridgehead atoms.